The highest BCUT2D eigenvalue weighted by Crippen LogP contribution is 2.32. The van der Waals surface area contributed by atoms with E-state index in [1.807, 2.05) is 6.92 Å². The third-order valence-corrected chi connectivity index (χ3v) is 5.37. The number of nitrogens with zero attached hydrogens (tertiary/aromatic N) is 1. The number of likely N-dealkylation sites (tertiary alicyclic amines) is 1. The first-order valence-electron chi connectivity index (χ1n) is 8.08. The van der Waals surface area contributed by atoms with Gasteiger partial charge in [0.1, 0.15) is 0 Å². The van der Waals surface area contributed by atoms with Gasteiger partial charge in [0.15, 0.2) is 6.61 Å². The Bertz CT molecular complexity index is 677. The van der Waals surface area contributed by atoms with Crippen LogP contribution in [0, 0.1) is 0 Å². The van der Waals surface area contributed by atoms with Crippen LogP contribution in [0.25, 0.3) is 0 Å². The Morgan fingerprint density at radius 2 is 2.21 bits per heavy atom. The molecule has 1 N–H and O–H groups in total. The van der Waals surface area contributed by atoms with Crippen molar-refractivity contribution < 1.29 is 19.1 Å². The normalized spacial score (nSPS) is 20.1. The molecule has 0 radical (unpaired) electrons. The molecule has 0 saturated carbocycles. The van der Waals surface area contributed by atoms with Gasteiger partial charge in [0.25, 0.3) is 5.91 Å². The second kappa shape index (κ2) is 7.25. The van der Waals surface area contributed by atoms with Crippen LogP contribution < -0.4 is 5.32 Å². The van der Waals surface area contributed by atoms with Crippen LogP contribution in [0.4, 0.5) is 5.69 Å². The van der Waals surface area contributed by atoms with E-state index in [2.05, 4.69) is 5.32 Å². The Balaban J connectivity index is 1.60. The van der Waals surface area contributed by atoms with Crippen molar-refractivity contribution in [3.05, 3.63) is 23.8 Å². The number of hydrogen-bond acceptors (Lipinski definition) is 5. The third-order valence-electron chi connectivity index (χ3n) is 4.30. The van der Waals surface area contributed by atoms with Crippen molar-refractivity contribution >= 4 is 35.2 Å². The van der Waals surface area contributed by atoms with Gasteiger partial charge in [-0.2, -0.15) is 0 Å². The van der Waals surface area contributed by atoms with Crippen LogP contribution in [0.1, 0.15) is 36.5 Å². The minimum absolute atomic E-state index is 0.0905. The van der Waals surface area contributed by atoms with Gasteiger partial charge in [-0.05, 0) is 44.4 Å². The molecule has 0 bridgehead atoms. The van der Waals surface area contributed by atoms with Crippen LogP contribution in [0.2, 0.25) is 0 Å². The Morgan fingerprint density at radius 1 is 1.38 bits per heavy atom. The summed E-state index contributed by atoms with van der Waals surface area (Å²) in [6, 6.07) is 5.22. The summed E-state index contributed by atoms with van der Waals surface area (Å²) in [4.78, 5) is 38.5. The highest BCUT2D eigenvalue weighted by atomic mass is 32.2. The lowest BCUT2D eigenvalue weighted by molar-refractivity contribution is -0.137. The zero-order valence-electron chi connectivity index (χ0n) is 13.5. The molecular weight excluding hydrogens is 328 g/mol. The number of rotatable bonds is 3. The van der Waals surface area contributed by atoms with Gasteiger partial charge < -0.3 is 15.0 Å². The Labute approximate surface area is 144 Å². The summed E-state index contributed by atoms with van der Waals surface area (Å²) in [6.07, 6.45) is 3.11. The molecule has 1 aromatic carbocycles. The Hall–Kier alpha value is -2.02. The molecule has 24 heavy (non-hydrogen) atoms. The number of benzene rings is 1. The summed E-state index contributed by atoms with van der Waals surface area (Å²) in [5.41, 5.74) is 0.942. The maximum atomic E-state index is 12.2. The minimum Gasteiger partial charge on any atom is -0.452 e. The molecule has 2 aliphatic rings. The summed E-state index contributed by atoms with van der Waals surface area (Å²) in [5, 5.41) is 2.73. The molecule has 3 rings (SSSR count). The van der Waals surface area contributed by atoms with Gasteiger partial charge in [-0.1, -0.05) is 0 Å². The predicted octanol–water partition coefficient (Wildman–Crippen LogP) is 2.29. The molecule has 0 unspecified atom stereocenters. The number of amides is 2. The standard InChI is InChI=1S/C17H20N2O4S/c1-11-4-2-3-7-19(11)16(21)9-23-17(22)12-5-6-14-13(8-12)18-15(20)10-24-14/h5-6,8,11H,2-4,7,9-10H2,1H3,(H,18,20)/t11-/m1/s1. The van der Waals surface area contributed by atoms with Gasteiger partial charge in [0, 0.05) is 17.5 Å². The fourth-order valence-corrected chi connectivity index (χ4v) is 3.76. The van der Waals surface area contributed by atoms with Crippen molar-refractivity contribution in [3.8, 4) is 0 Å². The topological polar surface area (TPSA) is 75.7 Å². The summed E-state index contributed by atoms with van der Waals surface area (Å²) in [6.45, 7) is 2.49. The van der Waals surface area contributed by atoms with E-state index >= 15 is 0 Å². The van der Waals surface area contributed by atoms with Crippen molar-refractivity contribution in [2.24, 2.45) is 0 Å². The molecule has 0 aliphatic carbocycles. The first kappa shape index (κ1) is 16.8. The highest BCUT2D eigenvalue weighted by molar-refractivity contribution is 8.00. The monoisotopic (exact) mass is 348 g/mol. The average Bonchev–Trinajstić information content (AvgIpc) is 2.59. The summed E-state index contributed by atoms with van der Waals surface area (Å²) < 4.78 is 5.16. The van der Waals surface area contributed by atoms with Gasteiger partial charge >= 0.3 is 5.97 Å². The van der Waals surface area contributed by atoms with E-state index < -0.39 is 5.97 Å². The number of fused-ring (bicyclic) bond motifs is 1. The van der Waals surface area contributed by atoms with E-state index in [0.29, 0.717) is 17.0 Å². The van der Waals surface area contributed by atoms with Crippen LogP contribution in [0.3, 0.4) is 0 Å². The number of thioether (sulfide) groups is 1. The van der Waals surface area contributed by atoms with Crippen LogP contribution >= 0.6 is 11.8 Å². The summed E-state index contributed by atoms with van der Waals surface area (Å²) in [5.74, 6) is -0.426. The number of hydrogen-bond donors (Lipinski definition) is 1. The van der Waals surface area contributed by atoms with Crippen LogP contribution in [-0.2, 0) is 14.3 Å². The summed E-state index contributed by atoms with van der Waals surface area (Å²) in [7, 11) is 0. The Kier molecular flexibility index (Phi) is 5.08. The molecule has 128 valence electrons. The van der Waals surface area contributed by atoms with E-state index in [0.717, 1.165) is 30.7 Å². The number of ether oxygens (including phenoxy) is 1. The summed E-state index contributed by atoms with van der Waals surface area (Å²) >= 11 is 1.43. The SMILES string of the molecule is C[C@@H]1CCCCN1C(=O)COC(=O)c1ccc2c(c1)NC(=O)CS2. The van der Waals surface area contributed by atoms with E-state index in [4.69, 9.17) is 4.74 Å². The van der Waals surface area contributed by atoms with Crippen molar-refractivity contribution in [2.45, 2.75) is 37.1 Å². The first-order valence-corrected chi connectivity index (χ1v) is 9.06. The second-order valence-electron chi connectivity index (χ2n) is 6.06. The quantitative estimate of drug-likeness (QED) is 0.848. The number of esters is 1. The fourth-order valence-electron chi connectivity index (χ4n) is 2.97. The van der Waals surface area contributed by atoms with Gasteiger partial charge in [-0.25, -0.2) is 4.79 Å². The van der Waals surface area contributed by atoms with Crippen molar-refractivity contribution in [2.75, 3.05) is 24.2 Å². The first-order chi connectivity index (χ1) is 11.5. The third kappa shape index (κ3) is 3.72. The van der Waals surface area contributed by atoms with Gasteiger partial charge in [-0.15, -0.1) is 11.8 Å². The maximum Gasteiger partial charge on any atom is 0.338 e. The number of piperidine rings is 1. The number of carbonyl (C=O) groups is 3. The smallest absolute Gasteiger partial charge is 0.338 e. The lowest BCUT2D eigenvalue weighted by Crippen LogP contribution is -2.44. The Morgan fingerprint density at radius 3 is 3.00 bits per heavy atom. The molecule has 2 heterocycles. The lowest BCUT2D eigenvalue weighted by Gasteiger charge is -2.33. The van der Waals surface area contributed by atoms with Crippen molar-refractivity contribution in [1.82, 2.24) is 4.90 Å². The van der Waals surface area contributed by atoms with Crippen molar-refractivity contribution in [1.29, 1.82) is 0 Å². The molecular formula is C17H20N2O4S. The van der Waals surface area contributed by atoms with E-state index in [-0.39, 0.29) is 24.5 Å². The molecule has 2 amide bonds. The van der Waals surface area contributed by atoms with Crippen LogP contribution in [-0.4, -0.2) is 47.6 Å². The van der Waals surface area contributed by atoms with E-state index in [1.165, 1.54) is 11.8 Å². The fraction of sp³-hybridized carbons (Fsp3) is 0.471. The molecule has 1 fully saturated rings. The van der Waals surface area contributed by atoms with Gasteiger partial charge in [0.2, 0.25) is 5.91 Å². The van der Waals surface area contributed by atoms with E-state index in [1.54, 1.807) is 23.1 Å². The molecule has 1 aromatic rings. The van der Waals surface area contributed by atoms with Gasteiger partial charge in [-0.3, -0.25) is 9.59 Å². The molecule has 0 spiro atoms. The molecule has 6 nitrogen and oxygen atoms in total. The highest BCUT2D eigenvalue weighted by Gasteiger charge is 2.24. The van der Waals surface area contributed by atoms with Crippen LogP contribution in [0.5, 0.6) is 0 Å². The molecule has 2 aliphatic heterocycles. The zero-order chi connectivity index (χ0) is 17.1. The van der Waals surface area contributed by atoms with Crippen molar-refractivity contribution in [3.63, 3.8) is 0 Å². The molecule has 0 aromatic heterocycles. The zero-order valence-corrected chi connectivity index (χ0v) is 14.4. The molecule has 7 heteroatoms. The number of anilines is 1. The predicted molar refractivity (Wildman–Crippen MR) is 91.1 cm³/mol. The number of carbonyl (C=O) groups excluding carboxylic acids is 3. The minimum atomic E-state index is -0.555. The maximum absolute atomic E-state index is 12.2. The van der Waals surface area contributed by atoms with Crippen LogP contribution in [0.15, 0.2) is 23.1 Å². The largest absolute Gasteiger partial charge is 0.452 e. The van der Waals surface area contributed by atoms with Gasteiger partial charge in [0.05, 0.1) is 17.0 Å². The second-order valence-corrected chi connectivity index (χ2v) is 7.07. The number of nitrogens with one attached hydrogen (secondary N) is 1. The molecule has 1 saturated heterocycles. The average molecular weight is 348 g/mol. The lowest BCUT2D eigenvalue weighted by atomic mass is 10.0. The molecule has 1 atom stereocenters. The van der Waals surface area contributed by atoms with E-state index in [9.17, 15) is 14.4 Å².